The molecule has 0 aromatic heterocycles. The molecule has 1 atom stereocenters. The second-order valence-electron chi connectivity index (χ2n) is 1.87. The zero-order valence-corrected chi connectivity index (χ0v) is 5.49. The second kappa shape index (κ2) is 4.13. The summed E-state index contributed by atoms with van der Waals surface area (Å²) in [6, 6.07) is 0.699. The molecular weight excluding hydrogens is 86.1 g/mol. The van der Waals surface area contributed by atoms with Crippen LogP contribution in [0.1, 0.15) is 28.6 Å². The standard InChI is InChI=1S/C6H15N.H2/c1-4-6(3)7-5-2;/h6-7H,4-5H2,1-3H3;1H/t6-;/m1./s1. The average Bonchev–Trinajstić information content (AvgIpc) is 1.68. The first-order valence-electron chi connectivity index (χ1n) is 3.04. The summed E-state index contributed by atoms with van der Waals surface area (Å²) >= 11 is 0. The van der Waals surface area contributed by atoms with Crippen LogP contribution in [-0.4, -0.2) is 12.6 Å². The molecule has 0 bridgehead atoms. The Morgan fingerprint density at radius 2 is 2.14 bits per heavy atom. The van der Waals surface area contributed by atoms with Crippen LogP contribution in [0.4, 0.5) is 0 Å². The first-order valence-corrected chi connectivity index (χ1v) is 3.04. The van der Waals surface area contributed by atoms with Gasteiger partial charge in [-0.3, -0.25) is 0 Å². The fourth-order valence-electron chi connectivity index (χ4n) is 0.493. The maximum Gasteiger partial charge on any atom is 0.00359 e. The maximum atomic E-state index is 3.30. The fraction of sp³-hybridized carbons (Fsp3) is 1.00. The average molecular weight is 103 g/mol. The van der Waals surface area contributed by atoms with Gasteiger partial charge in [0.15, 0.2) is 0 Å². The van der Waals surface area contributed by atoms with Gasteiger partial charge in [0, 0.05) is 7.47 Å². The van der Waals surface area contributed by atoms with E-state index in [2.05, 4.69) is 26.1 Å². The Kier molecular flexibility index (Phi) is 4.10. The van der Waals surface area contributed by atoms with Crippen molar-refractivity contribution in [2.75, 3.05) is 6.54 Å². The van der Waals surface area contributed by atoms with Crippen molar-refractivity contribution in [1.82, 2.24) is 5.32 Å². The van der Waals surface area contributed by atoms with Gasteiger partial charge < -0.3 is 5.32 Å². The SMILES string of the molecule is CCN[C@H](C)CC.[HH]. The van der Waals surface area contributed by atoms with Crippen LogP contribution in [0.15, 0.2) is 0 Å². The summed E-state index contributed by atoms with van der Waals surface area (Å²) in [5.41, 5.74) is 0. The first kappa shape index (κ1) is 6.96. The van der Waals surface area contributed by atoms with Crippen LogP contribution in [0.5, 0.6) is 0 Å². The van der Waals surface area contributed by atoms with E-state index in [0.717, 1.165) is 6.54 Å². The molecule has 0 aromatic carbocycles. The highest BCUT2D eigenvalue weighted by Gasteiger charge is 1.90. The molecule has 7 heavy (non-hydrogen) atoms. The zero-order chi connectivity index (χ0) is 5.70. The smallest absolute Gasteiger partial charge is 0.00359 e. The highest BCUT2D eigenvalue weighted by molar-refractivity contribution is 4.53. The van der Waals surface area contributed by atoms with Crippen LogP contribution < -0.4 is 5.32 Å². The highest BCUT2D eigenvalue weighted by atomic mass is 14.9. The molecule has 0 radical (unpaired) electrons. The van der Waals surface area contributed by atoms with E-state index in [1.54, 1.807) is 0 Å². The van der Waals surface area contributed by atoms with Crippen molar-refractivity contribution < 1.29 is 1.43 Å². The summed E-state index contributed by atoms with van der Waals surface area (Å²) in [7, 11) is 0. The van der Waals surface area contributed by atoms with Crippen molar-refractivity contribution in [2.24, 2.45) is 0 Å². The Balaban J connectivity index is 0. The van der Waals surface area contributed by atoms with E-state index in [9.17, 15) is 0 Å². The van der Waals surface area contributed by atoms with Gasteiger partial charge in [0.25, 0.3) is 0 Å². The van der Waals surface area contributed by atoms with Gasteiger partial charge in [0.2, 0.25) is 0 Å². The van der Waals surface area contributed by atoms with E-state index in [0.29, 0.717) is 6.04 Å². The van der Waals surface area contributed by atoms with E-state index >= 15 is 0 Å². The molecule has 46 valence electrons. The van der Waals surface area contributed by atoms with Gasteiger partial charge in [-0.05, 0) is 19.9 Å². The van der Waals surface area contributed by atoms with Gasteiger partial charge in [-0.15, -0.1) is 0 Å². The summed E-state index contributed by atoms with van der Waals surface area (Å²) in [5.74, 6) is 0. The van der Waals surface area contributed by atoms with Crippen LogP contribution in [0, 0.1) is 0 Å². The van der Waals surface area contributed by atoms with Gasteiger partial charge in [-0.25, -0.2) is 0 Å². The Labute approximate surface area is 47.6 Å². The molecule has 0 heterocycles. The van der Waals surface area contributed by atoms with E-state index in [-0.39, 0.29) is 1.43 Å². The largest absolute Gasteiger partial charge is 0.315 e. The molecule has 0 saturated carbocycles. The second-order valence-corrected chi connectivity index (χ2v) is 1.87. The monoisotopic (exact) mass is 103 g/mol. The molecule has 0 rings (SSSR count). The lowest BCUT2D eigenvalue weighted by Crippen LogP contribution is -2.24. The van der Waals surface area contributed by atoms with Gasteiger partial charge in [0.05, 0.1) is 0 Å². The minimum Gasteiger partial charge on any atom is -0.315 e. The Morgan fingerprint density at radius 1 is 1.57 bits per heavy atom. The van der Waals surface area contributed by atoms with Crippen molar-refractivity contribution in [3.63, 3.8) is 0 Å². The van der Waals surface area contributed by atoms with Crippen LogP contribution in [0.3, 0.4) is 0 Å². The minimum absolute atomic E-state index is 0. The van der Waals surface area contributed by atoms with Crippen LogP contribution >= 0.6 is 0 Å². The van der Waals surface area contributed by atoms with E-state index in [1.807, 2.05) is 0 Å². The molecule has 0 aliphatic carbocycles. The number of hydrogen-bond acceptors (Lipinski definition) is 1. The van der Waals surface area contributed by atoms with Gasteiger partial charge in [-0.1, -0.05) is 13.8 Å². The molecule has 0 aliphatic heterocycles. The summed E-state index contributed by atoms with van der Waals surface area (Å²) in [6.07, 6.45) is 1.23. The predicted octanol–water partition coefficient (Wildman–Crippen LogP) is 1.64. The Bertz CT molecular complexity index is 39.5. The molecule has 0 aromatic rings. The lowest BCUT2D eigenvalue weighted by Gasteiger charge is -2.06. The molecule has 0 amide bonds. The molecule has 0 saturated heterocycles. The number of rotatable bonds is 3. The molecule has 0 aliphatic rings. The third-order valence-corrected chi connectivity index (χ3v) is 1.16. The third kappa shape index (κ3) is 3.80. The quantitative estimate of drug-likeness (QED) is 0.572. The molecule has 0 spiro atoms. The summed E-state index contributed by atoms with van der Waals surface area (Å²) in [5, 5.41) is 3.30. The lowest BCUT2D eigenvalue weighted by molar-refractivity contribution is 0.553. The van der Waals surface area contributed by atoms with E-state index in [1.165, 1.54) is 6.42 Å². The topological polar surface area (TPSA) is 12.0 Å². The molecule has 1 N–H and O–H groups in total. The van der Waals surface area contributed by atoms with Gasteiger partial charge in [-0.2, -0.15) is 0 Å². The fourth-order valence-corrected chi connectivity index (χ4v) is 0.493. The highest BCUT2D eigenvalue weighted by Crippen LogP contribution is 1.84. The molecule has 0 unspecified atom stereocenters. The lowest BCUT2D eigenvalue weighted by atomic mass is 10.3. The molecule has 1 nitrogen and oxygen atoms in total. The third-order valence-electron chi connectivity index (χ3n) is 1.16. The first-order chi connectivity index (χ1) is 3.31. The number of nitrogens with one attached hydrogen (secondary N) is 1. The van der Waals surface area contributed by atoms with Crippen LogP contribution in [0.25, 0.3) is 0 Å². The van der Waals surface area contributed by atoms with Crippen molar-refractivity contribution in [3.05, 3.63) is 0 Å². The minimum atomic E-state index is 0. The Hall–Kier alpha value is -0.0400. The van der Waals surface area contributed by atoms with E-state index in [4.69, 9.17) is 0 Å². The Morgan fingerprint density at radius 3 is 2.29 bits per heavy atom. The summed E-state index contributed by atoms with van der Waals surface area (Å²) in [4.78, 5) is 0. The van der Waals surface area contributed by atoms with Crippen LogP contribution in [0.2, 0.25) is 0 Å². The zero-order valence-electron chi connectivity index (χ0n) is 5.49. The van der Waals surface area contributed by atoms with Gasteiger partial charge in [0.1, 0.15) is 0 Å². The maximum absolute atomic E-state index is 3.30. The predicted molar refractivity (Wildman–Crippen MR) is 35.5 cm³/mol. The molecule has 1 heteroatoms. The normalized spacial score (nSPS) is 14.1. The van der Waals surface area contributed by atoms with Gasteiger partial charge >= 0.3 is 0 Å². The van der Waals surface area contributed by atoms with E-state index < -0.39 is 0 Å². The molecule has 0 fully saturated rings. The summed E-state index contributed by atoms with van der Waals surface area (Å²) in [6.45, 7) is 7.61. The van der Waals surface area contributed by atoms with Crippen molar-refractivity contribution in [3.8, 4) is 0 Å². The number of hydrogen-bond donors (Lipinski definition) is 1. The van der Waals surface area contributed by atoms with Crippen molar-refractivity contribution in [2.45, 2.75) is 33.2 Å². The van der Waals surface area contributed by atoms with Crippen molar-refractivity contribution >= 4 is 0 Å². The van der Waals surface area contributed by atoms with Crippen molar-refractivity contribution in [1.29, 1.82) is 0 Å². The van der Waals surface area contributed by atoms with Crippen LogP contribution in [-0.2, 0) is 0 Å². The summed E-state index contributed by atoms with van der Waals surface area (Å²) < 4.78 is 0. The molecular formula is C6H17N.